The summed E-state index contributed by atoms with van der Waals surface area (Å²) in [6.07, 6.45) is -11.8. The highest BCUT2D eigenvalue weighted by Gasteiger charge is 2.51. The molecule has 2 fully saturated rings. The van der Waals surface area contributed by atoms with Crippen LogP contribution in [0, 0.1) is 0 Å². The smallest absolute Gasteiger partial charge is 0.394 e. The van der Waals surface area contributed by atoms with Gasteiger partial charge in [0.15, 0.2) is 23.6 Å². The summed E-state index contributed by atoms with van der Waals surface area (Å²) in [7, 11) is -10.6. The van der Waals surface area contributed by atoms with E-state index in [0.717, 1.165) is 23.2 Å². The van der Waals surface area contributed by atoms with Gasteiger partial charge in [-0.1, -0.05) is 0 Å². The number of rotatable bonds is 10. The van der Waals surface area contributed by atoms with Gasteiger partial charge in [-0.15, -0.1) is 0 Å². The van der Waals surface area contributed by atoms with Crippen molar-refractivity contribution in [1.29, 1.82) is 0 Å². The van der Waals surface area contributed by atoms with Crippen LogP contribution in [0.15, 0.2) is 33.0 Å². The van der Waals surface area contributed by atoms with Gasteiger partial charge in [-0.25, -0.2) is 18.9 Å². The fourth-order valence-corrected chi connectivity index (χ4v) is 6.25. The minimum atomic E-state index is -5.31. The van der Waals surface area contributed by atoms with Crippen LogP contribution in [0.25, 0.3) is 11.2 Å². The largest absolute Gasteiger partial charge is 0.472 e. The summed E-state index contributed by atoms with van der Waals surface area (Å²) >= 11 is 0. The first kappa shape index (κ1) is 32.2. The van der Waals surface area contributed by atoms with Crippen LogP contribution >= 0.6 is 15.6 Å². The molecule has 0 spiro atoms. The maximum atomic E-state index is 12.9. The number of anilines is 1. The van der Waals surface area contributed by atoms with Gasteiger partial charge < -0.3 is 45.2 Å². The van der Waals surface area contributed by atoms with E-state index in [4.69, 9.17) is 24.3 Å². The van der Waals surface area contributed by atoms with E-state index in [-0.39, 0.29) is 17.1 Å². The lowest BCUT2D eigenvalue weighted by Crippen LogP contribution is -2.38. The van der Waals surface area contributed by atoms with Gasteiger partial charge in [0, 0.05) is 12.3 Å². The van der Waals surface area contributed by atoms with E-state index in [9.17, 15) is 53.5 Å². The molecule has 2 aliphatic rings. The third-order valence-corrected chi connectivity index (χ3v) is 8.07. The number of imidazole rings is 1. The molecule has 10 N–H and O–H groups in total. The highest BCUT2D eigenvalue weighted by molar-refractivity contribution is 7.47. The predicted octanol–water partition coefficient (Wildman–Crippen LogP) is -4.26. The van der Waals surface area contributed by atoms with Crippen molar-refractivity contribution in [1.82, 2.24) is 29.1 Å². The molecule has 0 amide bonds. The number of phosphoric ester groups is 2. The quantitative estimate of drug-likeness (QED) is 0.0922. The molecule has 5 heterocycles. The summed E-state index contributed by atoms with van der Waals surface area (Å²) in [4.78, 5) is 76.6. The Kier molecular flexibility index (Phi) is 8.78. The van der Waals surface area contributed by atoms with Gasteiger partial charge in [-0.3, -0.25) is 42.3 Å². The van der Waals surface area contributed by atoms with E-state index >= 15 is 0 Å². The van der Waals surface area contributed by atoms with E-state index in [1.807, 2.05) is 4.98 Å². The summed E-state index contributed by atoms with van der Waals surface area (Å²) in [6.45, 7) is -1.88. The van der Waals surface area contributed by atoms with Crippen molar-refractivity contribution in [2.75, 3.05) is 18.9 Å². The Balaban J connectivity index is 1.33. The molecule has 25 heteroatoms. The lowest BCUT2D eigenvalue weighted by Gasteiger charge is -2.24. The number of aliphatic hydroxyl groups is 3. The SMILES string of the molecule is Nc1nc2c(ncn2[C@@H]2O[C@H](CO)[C@@H](OP(=O)(O)OC[C@H]3O[C@@H](n4ccc(=O)[nH]c4=O)[C@H](O)[C@@H]3OP(=O)(O)O)[C@H]2O)c(=O)[nH]1. The standard InChI is InChI=1S/C19H25N7O16P2/c20-18-23-14-9(15(31)24-18)21-5-26(14)17-10(29)12(6(3-27)39-17)42-44(36,37)38-4-7-13(41-43(33,34)35)11(30)16(40-7)25-2-1-8(28)22-19(25)32/h1-2,5-7,10-13,16-17,27,29-30H,3-4H2,(H,36,37)(H,22,28,32)(H2,33,34,35)(H3,20,23,24,31)/t6-,7-,10-,11-,12-,13-,16-,17-/m1/s1. The Morgan fingerprint density at radius 3 is 2.25 bits per heavy atom. The maximum Gasteiger partial charge on any atom is 0.472 e. The number of aromatic amines is 2. The van der Waals surface area contributed by atoms with Crippen LogP contribution in [0.2, 0.25) is 0 Å². The minimum absolute atomic E-state index is 0.125. The molecule has 0 radical (unpaired) electrons. The zero-order chi connectivity index (χ0) is 32.1. The number of nitrogens with two attached hydrogens (primary N) is 1. The molecule has 44 heavy (non-hydrogen) atoms. The average Bonchev–Trinajstić information content (AvgIpc) is 3.56. The first-order valence-electron chi connectivity index (χ1n) is 12.3. The first-order chi connectivity index (χ1) is 20.6. The zero-order valence-electron chi connectivity index (χ0n) is 21.8. The first-order valence-corrected chi connectivity index (χ1v) is 15.3. The van der Waals surface area contributed by atoms with Crippen LogP contribution in [0.1, 0.15) is 12.5 Å². The van der Waals surface area contributed by atoms with Crippen molar-refractivity contribution in [2.45, 2.75) is 49.1 Å². The van der Waals surface area contributed by atoms with Gasteiger partial charge in [0.1, 0.15) is 36.6 Å². The number of aromatic nitrogens is 6. The van der Waals surface area contributed by atoms with Crippen LogP contribution in [-0.4, -0.2) is 109 Å². The van der Waals surface area contributed by atoms with Crippen molar-refractivity contribution in [2.24, 2.45) is 0 Å². The number of nitrogens with one attached hydrogen (secondary N) is 2. The molecule has 0 bridgehead atoms. The molecule has 2 saturated heterocycles. The van der Waals surface area contributed by atoms with E-state index in [0.29, 0.717) is 4.57 Å². The van der Waals surface area contributed by atoms with Gasteiger partial charge >= 0.3 is 21.3 Å². The highest BCUT2D eigenvalue weighted by atomic mass is 31.2. The van der Waals surface area contributed by atoms with Crippen molar-refractivity contribution >= 4 is 32.8 Å². The molecule has 0 aromatic carbocycles. The summed E-state index contributed by atoms with van der Waals surface area (Å²) in [5, 5.41) is 31.3. The second kappa shape index (κ2) is 12.0. The van der Waals surface area contributed by atoms with E-state index in [2.05, 4.69) is 19.5 Å². The number of aliphatic hydroxyl groups excluding tert-OH is 3. The second-order valence-corrected chi connectivity index (χ2v) is 12.1. The Morgan fingerprint density at radius 1 is 0.977 bits per heavy atom. The number of hydrogen-bond donors (Lipinski definition) is 9. The molecule has 242 valence electrons. The van der Waals surface area contributed by atoms with Crippen molar-refractivity contribution in [3.05, 3.63) is 49.8 Å². The Labute approximate surface area is 242 Å². The Bertz CT molecular complexity index is 1800. The number of nitrogen functional groups attached to an aromatic ring is 1. The van der Waals surface area contributed by atoms with Crippen LogP contribution in [0.3, 0.4) is 0 Å². The monoisotopic (exact) mass is 669 g/mol. The average molecular weight is 669 g/mol. The molecule has 3 aromatic rings. The van der Waals surface area contributed by atoms with Gasteiger partial charge in [0.25, 0.3) is 11.1 Å². The fourth-order valence-electron chi connectivity index (χ4n) is 4.71. The summed E-state index contributed by atoms with van der Waals surface area (Å²) < 4.78 is 51.7. The van der Waals surface area contributed by atoms with E-state index in [1.54, 1.807) is 0 Å². The maximum absolute atomic E-state index is 12.9. The number of hydrogen-bond acceptors (Lipinski definition) is 16. The number of H-pyrrole nitrogens is 2. The highest BCUT2D eigenvalue weighted by Crippen LogP contribution is 2.50. The predicted molar refractivity (Wildman–Crippen MR) is 138 cm³/mol. The molecule has 1 unspecified atom stereocenters. The molecular weight excluding hydrogens is 644 g/mol. The number of fused-ring (bicyclic) bond motifs is 1. The second-order valence-electron chi connectivity index (χ2n) is 9.48. The van der Waals surface area contributed by atoms with Crippen LogP contribution in [-0.2, 0) is 32.2 Å². The van der Waals surface area contributed by atoms with E-state index in [1.165, 1.54) is 0 Å². The Morgan fingerprint density at radius 2 is 1.61 bits per heavy atom. The van der Waals surface area contributed by atoms with E-state index < -0.39 is 94.7 Å². The van der Waals surface area contributed by atoms with Gasteiger partial charge in [-0.05, 0) is 0 Å². The van der Waals surface area contributed by atoms with Crippen molar-refractivity contribution in [3.8, 4) is 0 Å². The molecule has 9 atom stereocenters. The van der Waals surface area contributed by atoms with Crippen molar-refractivity contribution in [3.63, 3.8) is 0 Å². The number of ether oxygens (including phenoxy) is 2. The van der Waals surface area contributed by atoms with Crippen LogP contribution in [0.5, 0.6) is 0 Å². The molecule has 2 aliphatic heterocycles. The number of nitrogens with zero attached hydrogens (tertiary/aromatic N) is 4. The Hall–Kier alpha value is -3.15. The topological polar surface area (TPSA) is 346 Å². The molecule has 23 nitrogen and oxygen atoms in total. The molecule has 0 aliphatic carbocycles. The minimum Gasteiger partial charge on any atom is -0.394 e. The lowest BCUT2D eigenvalue weighted by atomic mass is 10.1. The molecule has 3 aromatic heterocycles. The number of phosphoric acid groups is 2. The summed E-state index contributed by atoms with van der Waals surface area (Å²) in [5.74, 6) is -0.288. The third-order valence-electron chi connectivity index (χ3n) is 6.56. The van der Waals surface area contributed by atoms with Gasteiger partial charge in [0.2, 0.25) is 5.95 Å². The molecular formula is C19H25N7O16P2. The van der Waals surface area contributed by atoms with Gasteiger partial charge in [-0.2, -0.15) is 4.98 Å². The third kappa shape index (κ3) is 6.46. The van der Waals surface area contributed by atoms with Crippen LogP contribution < -0.4 is 22.5 Å². The molecule has 5 rings (SSSR count). The zero-order valence-corrected chi connectivity index (χ0v) is 23.6. The van der Waals surface area contributed by atoms with Gasteiger partial charge in [0.05, 0.1) is 19.5 Å². The summed E-state index contributed by atoms with van der Waals surface area (Å²) in [6, 6.07) is 0.894. The van der Waals surface area contributed by atoms with Crippen molar-refractivity contribution < 1.29 is 62.2 Å². The summed E-state index contributed by atoms with van der Waals surface area (Å²) in [5.41, 5.74) is 2.71. The lowest BCUT2D eigenvalue weighted by molar-refractivity contribution is -0.0608. The van der Waals surface area contributed by atoms with Crippen LogP contribution in [0.4, 0.5) is 5.95 Å². The fraction of sp³-hybridized carbons (Fsp3) is 0.526. The molecule has 0 saturated carbocycles. The normalized spacial score (nSPS) is 30.6.